The maximum Gasteiger partial charge on any atom is 0.335 e. The van der Waals surface area contributed by atoms with Gasteiger partial charge in [0.1, 0.15) is 0 Å². The molecule has 0 saturated heterocycles. The molecule has 0 amide bonds. The zero-order valence-corrected chi connectivity index (χ0v) is 9.36. The number of aromatic nitrogens is 1. The largest absolute Gasteiger partial charge is 0.478 e. The number of fused-ring (bicyclic) bond motifs is 1. The van der Waals surface area contributed by atoms with E-state index in [1.54, 1.807) is 12.1 Å². The number of rotatable bonds is 4. The van der Waals surface area contributed by atoms with Crippen molar-refractivity contribution in [3.05, 3.63) is 35.5 Å². The second-order valence-corrected chi connectivity index (χ2v) is 4.53. The van der Waals surface area contributed by atoms with Crippen molar-refractivity contribution in [3.63, 3.8) is 0 Å². The summed E-state index contributed by atoms with van der Waals surface area (Å²) >= 11 is 0. The number of aromatic amines is 1. The summed E-state index contributed by atoms with van der Waals surface area (Å²) in [7, 11) is 0. The van der Waals surface area contributed by atoms with Crippen molar-refractivity contribution in [2.75, 3.05) is 0 Å². The zero-order valence-electron chi connectivity index (χ0n) is 9.36. The molecule has 3 rings (SSSR count). The normalized spacial score (nSPS) is 15.3. The van der Waals surface area contributed by atoms with Crippen LogP contribution in [0.5, 0.6) is 0 Å². The van der Waals surface area contributed by atoms with Gasteiger partial charge in [0.2, 0.25) is 0 Å². The van der Waals surface area contributed by atoms with Crippen LogP contribution in [0, 0.1) is 0 Å². The topological polar surface area (TPSA) is 65.1 Å². The smallest absolute Gasteiger partial charge is 0.335 e. The highest BCUT2D eigenvalue weighted by Gasteiger charge is 2.20. The number of hydrogen-bond acceptors (Lipinski definition) is 2. The standard InChI is InChI=1S/C13H14N2O2/c16-13(17)8-1-4-11-9(6-14-10-2-3-10)7-15-12(11)5-8/h1,4-5,7,10,14-15H,2-3,6H2,(H,16,17). The van der Waals surface area contributed by atoms with Gasteiger partial charge in [0, 0.05) is 29.7 Å². The van der Waals surface area contributed by atoms with Crippen molar-refractivity contribution in [1.29, 1.82) is 0 Å². The van der Waals surface area contributed by atoms with Gasteiger partial charge >= 0.3 is 5.97 Å². The number of aromatic carboxylic acids is 1. The van der Waals surface area contributed by atoms with Crippen LogP contribution in [-0.4, -0.2) is 22.1 Å². The molecule has 3 N–H and O–H groups in total. The number of nitrogens with one attached hydrogen (secondary N) is 2. The van der Waals surface area contributed by atoms with E-state index in [9.17, 15) is 4.79 Å². The summed E-state index contributed by atoms with van der Waals surface area (Å²) in [6, 6.07) is 5.88. The first-order valence-electron chi connectivity index (χ1n) is 5.81. The van der Waals surface area contributed by atoms with Crippen molar-refractivity contribution in [1.82, 2.24) is 10.3 Å². The minimum Gasteiger partial charge on any atom is -0.478 e. The molecule has 0 spiro atoms. The highest BCUT2D eigenvalue weighted by atomic mass is 16.4. The molecule has 1 fully saturated rings. The Bertz CT molecular complexity index is 570. The number of benzene rings is 1. The van der Waals surface area contributed by atoms with E-state index in [0.29, 0.717) is 11.6 Å². The lowest BCUT2D eigenvalue weighted by atomic mass is 10.1. The summed E-state index contributed by atoms with van der Waals surface area (Å²) in [5.41, 5.74) is 2.40. The lowest BCUT2D eigenvalue weighted by Crippen LogP contribution is -2.14. The molecule has 2 aromatic rings. The van der Waals surface area contributed by atoms with Crippen LogP contribution in [0.4, 0.5) is 0 Å². The van der Waals surface area contributed by atoms with E-state index < -0.39 is 5.97 Å². The zero-order chi connectivity index (χ0) is 11.8. The fourth-order valence-corrected chi connectivity index (χ4v) is 2.01. The Morgan fingerprint density at radius 3 is 3.00 bits per heavy atom. The Balaban J connectivity index is 1.89. The quantitative estimate of drug-likeness (QED) is 0.753. The fourth-order valence-electron chi connectivity index (χ4n) is 2.01. The second kappa shape index (κ2) is 3.89. The van der Waals surface area contributed by atoms with Crippen LogP contribution in [0.2, 0.25) is 0 Å². The van der Waals surface area contributed by atoms with Crippen LogP contribution in [0.1, 0.15) is 28.8 Å². The molecule has 1 aliphatic carbocycles. The first-order chi connectivity index (χ1) is 8.24. The SMILES string of the molecule is O=C(O)c1ccc2c(CNC3CC3)c[nH]c2c1. The molecular weight excluding hydrogens is 216 g/mol. The van der Waals surface area contributed by atoms with E-state index in [2.05, 4.69) is 10.3 Å². The van der Waals surface area contributed by atoms with Crippen LogP contribution < -0.4 is 5.32 Å². The summed E-state index contributed by atoms with van der Waals surface area (Å²) in [5, 5.41) is 13.5. The maximum absolute atomic E-state index is 10.8. The van der Waals surface area contributed by atoms with Crippen molar-refractivity contribution < 1.29 is 9.90 Å². The van der Waals surface area contributed by atoms with E-state index in [-0.39, 0.29) is 0 Å². The number of H-pyrrole nitrogens is 1. The number of carbonyl (C=O) groups is 1. The van der Waals surface area contributed by atoms with Crippen molar-refractivity contribution >= 4 is 16.9 Å². The predicted molar refractivity (Wildman–Crippen MR) is 65.1 cm³/mol. The summed E-state index contributed by atoms with van der Waals surface area (Å²) < 4.78 is 0. The van der Waals surface area contributed by atoms with Gasteiger partial charge in [-0.2, -0.15) is 0 Å². The molecule has 1 aromatic carbocycles. The van der Waals surface area contributed by atoms with Gasteiger partial charge in [-0.15, -0.1) is 0 Å². The van der Waals surface area contributed by atoms with Crippen LogP contribution in [0.25, 0.3) is 10.9 Å². The fraction of sp³-hybridized carbons (Fsp3) is 0.308. The summed E-state index contributed by atoms with van der Waals surface area (Å²) in [5.74, 6) is -0.890. The van der Waals surface area contributed by atoms with E-state index in [4.69, 9.17) is 5.11 Å². The van der Waals surface area contributed by atoms with E-state index >= 15 is 0 Å². The Kier molecular flexibility index (Phi) is 2.37. The molecular formula is C13H14N2O2. The minimum atomic E-state index is -0.890. The predicted octanol–water partition coefficient (Wildman–Crippen LogP) is 2.12. The van der Waals surface area contributed by atoms with Crippen LogP contribution >= 0.6 is 0 Å². The Hall–Kier alpha value is -1.81. The Morgan fingerprint density at radius 2 is 2.29 bits per heavy atom. The molecule has 0 atom stereocenters. The van der Waals surface area contributed by atoms with Crippen LogP contribution in [0.3, 0.4) is 0 Å². The van der Waals surface area contributed by atoms with Gasteiger partial charge in [-0.25, -0.2) is 4.79 Å². The highest BCUT2D eigenvalue weighted by Crippen LogP contribution is 2.23. The van der Waals surface area contributed by atoms with Gasteiger partial charge in [0.15, 0.2) is 0 Å². The first-order valence-corrected chi connectivity index (χ1v) is 5.81. The van der Waals surface area contributed by atoms with Gasteiger partial charge in [0.25, 0.3) is 0 Å². The third-order valence-corrected chi connectivity index (χ3v) is 3.17. The Morgan fingerprint density at radius 1 is 1.47 bits per heavy atom. The molecule has 88 valence electrons. The lowest BCUT2D eigenvalue weighted by molar-refractivity contribution is 0.0697. The van der Waals surface area contributed by atoms with Crippen LogP contribution in [-0.2, 0) is 6.54 Å². The average Bonchev–Trinajstić information content (AvgIpc) is 3.06. The van der Waals surface area contributed by atoms with E-state index in [1.165, 1.54) is 18.4 Å². The van der Waals surface area contributed by atoms with Crippen molar-refractivity contribution in [2.24, 2.45) is 0 Å². The Labute approximate surface area is 98.6 Å². The number of carboxylic acid groups (broad SMARTS) is 1. The molecule has 0 aliphatic heterocycles. The molecule has 0 bridgehead atoms. The van der Waals surface area contributed by atoms with Crippen LogP contribution in [0.15, 0.2) is 24.4 Å². The maximum atomic E-state index is 10.8. The second-order valence-electron chi connectivity index (χ2n) is 4.53. The molecule has 1 heterocycles. The molecule has 0 unspecified atom stereocenters. The summed E-state index contributed by atoms with van der Waals surface area (Å²) in [6.07, 6.45) is 4.49. The molecule has 0 radical (unpaired) electrons. The first kappa shape index (κ1) is 10.4. The van der Waals surface area contributed by atoms with Gasteiger partial charge < -0.3 is 15.4 Å². The summed E-state index contributed by atoms with van der Waals surface area (Å²) in [4.78, 5) is 14.0. The van der Waals surface area contributed by atoms with Crippen molar-refractivity contribution in [3.8, 4) is 0 Å². The monoisotopic (exact) mass is 230 g/mol. The van der Waals surface area contributed by atoms with E-state index in [0.717, 1.165) is 17.4 Å². The number of hydrogen-bond donors (Lipinski definition) is 3. The average molecular weight is 230 g/mol. The molecule has 4 heteroatoms. The summed E-state index contributed by atoms with van der Waals surface area (Å²) in [6.45, 7) is 0.844. The molecule has 17 heavy (non-hydrogen) atoms. The van der Waals surface area contributed by atoms with E-state index in [1.807, 2.05) is 12.3 Å². The molecule has 1 aromatic heterocycles. The molecule has 1 saturated carbocycles. The lowest BCUT2D eigenvalue weighted by Gasteiger charge is -2.01. The third kappa shape index (κ3) is 2.03. The van der Waals surface area contributed by atoms with Gasteiger partial charge in [-0.05, 0) is 30.5 Å². The minimum absolute atomic E-state index is 0.320. The van der Waals surface area contributed by atoms with Gasteiger partial charge in [-0.1, -0.05) is 6.07 Å². The van der Waals surface area contributed by atoms with Gasteiger partial charge in [-0.3, -0.25) is 0 Å². The number of carboxylic acids is 1. The third-order valence-electron chi connectivity index (χ3n) is 3.17. The highest BCUT2D eigenvalue weighted by molar-refractivity contribution is 5.94. The van der Waals surface area contributed by atoms with Crippen molar-refractivity contribution in [2.45, 2.75) is 25.4 Å². The molecule has 4 nitrogen and oxygen atoms in total. The van der Waals surface area contributed by atoms with Gasteiger partial charge in [0.05, 0.1) is 5.56 Å². The molecule has 1 aliphatic rings.